The van der Waals surface area contributed by atoms with Gasteiger partial charge in [-0.05, 0) is 59.1 Å². The summed E-state index contributed by atoms with van der Waals surface area (Å²) in [7, 11) is 0. The lowest BCUT2D eigenvalue weighted by atomic mass is 9.88. The van der Waals surface area contributed by atoms with Gasteiger partial charge in [0.1, 0.15) is 0 Å². The van der Waals surface area contributed by atoms with Gasteiger partial charge >= 0.3 is 0 Å². The summed E-state index contributed by atoms with van der Waals surface area (Å²) in [6, 6.07) is 26.8. The van der Waals surface area contributed by atoms with E-state index < -0.39 is 0 Å². The second-order valence-corrected chi connectivity index (χ2v) is 7.07. The maximum atomic E-state index is 2.30. The molecular weight excluding hydrogens is 312 g/mol. The minimum absolute atomic E-state index is 1.15. The van der Waals surface area contributed by atoms with Crippen LogP contribution in [0.5, 0.6) is 0 Å². The molecule has 0 nitrogen and oxygen atoms in total. The Bertz CT molecular complexity index is 758. The SMILES string of the molecule is CCCCc1ccccc1-c1ccccc1-c1ccccc1CCCC. The number of unbranched alkanes of at least 4 members (excludes halogenated alkanes) is 2. The largest absolute Gasteiger partial charge is 0.0654 e. The molecule has 0 atom stereocenters. The van der Waals surface area contributed by atoms with Crippen LogP contribution in [-0.4, -0.2) is 0 Å². The molecule has 0 fully saturated rings. The maximum absolute atomic E-state index is 2.30. The van der Waals surface area contributed by atoms with Gasteiger partial charge in [0.15, 0.2) is 0 Å². The van der Waals surface area contributed by atoms with E-state index >= 15 is 0 Å². The molecular formula is C26H30. The molecule has 0 unspecified atom stereocenters. The third kappa shape index (κ3) is 4.25. The highest BCUT2D eigenvalue weighted by Crippen LogP contribution is 2.36. The van der Waals surface area contributed by atoms with Crippen LogP contribution in [0.2, 0.25) is 0 Å². The predicted octanol–water partition coefficient (Wildman–Crippen LogP) is 7.71. The molecule has 0 saturated carbocycles. The Morgan fingerprint density at radius 1 is 0.462 bits per heavy atom. The van der Waals surface area contributed by atoms with Crippen molar-refractivity contribution in [1.29, 1.82) is 0 Å². The second-order valence-electron chi connectivity index (χ2n) is 7.07. The van der Waals surface area contributed by atoms with E-state index in [1.807, 2.05) is 0 Å². The van der Waals surface area contributed by atoms with Gasteiger partial charge in [-0.1, -0.05) is 99.5 Å². The maximum Gasteiger partial charge on any atom is -0.0103 e. The fourth-order valence-electron chi connectivity index (χ4n) is 3.69. The van der Waals surface area contributed by atoms with Crippen molar-refractivity contribution in [3.8, 4) is 22.3 Å². The first-order valence-electron chi connectivity index (χ1n) is 10.1. The molecule has 0 heterocycles. The molecule has 0 heteroatoms. The van der Waals surface area contributed by atoms with Gasteiger partial charge in [0.25, 0.3) is 0 Å². The average molecular weight is 343 g/mol. The van der Waals surface area contributed by atoms with Crippen LogP contribution in [0.3, 0.4) is 0 Å². The Labute approximate surface area is 158 Å². The van der Waals surface area contributed by atoms with Crippen molar-refractivity contribution < 1.29 is 0 Å². The molecule has 0 radical (unpaired) electrons. The Morgan fingerprint density at radius 2 is 0.808 bits per heavy atom. The molecule has 0 saturated heterocycles. The Balaban J connectivity index is 2.09. The number of hydrogen-bond donors (Lipinski definition) is 0. The summed E-state index contributed by atoms with van der Waals surface area (Å²) in [6.45, 7) is 4.53. The zero-order valence-corrected chi connectivity index (χ0v) is 16.2. The highest BCUT2D eigenvalue weighted by atomic mass is 14.2. The first kappa shape index (κ1) is 18.5. The van der Waals surface area contributed by atoms with Gasteiger partial charge in [0.2, 0.25) is 0 Å². The van der Waals surface area contributed by atoms with Crippen LogP contribution in [0, 0.1) is 0 Å². The van der Waals surface area contributed by atoms with Crippen LogP contribution in [0.4, 0.5) is 0 Å². The second kappa shape index (κ2) is 9.38. The van der Waals surface area contributed by atoms with E-state index in [1.165, 1.54) is 59.1 Å². The Morgan fingerprint density at radius 3 is 1.19 bits per heavy atom. The minimum Gasteiger partial charge on any atom is -0.0654 e. The first-order valence-corrected chi connectivity index (χ1v) is 10.1. The van der Waals surface area contributed by atoms with Gasteiger partial charge in [-0.2, -0.15) is 0 Å². The average Bonchev–Trinajstić information content (AvgIpc) is 2.71. The van der Waals surface area contributed by atoms with E-state index in [0.29, 0.717) is 0 Å². The summed E-state index contributed by atoms with van der Waals surface area (Å²) in [5.74, 6) is 0. The van der Waals surface area contributed by atoms with E-state index in [0.717, 1.165) is 12.8 Å². The molecule has 0 aliphatic carbocycles. The summed E-state index contributed by atoms with van der Waals surface area (Å²) in [6.07, 6.45) is 7.25. The Hall–Kier alpha value is -2.34. The van der Waals surface area contributed by atoms with E-state index in [2.05, 4.69) is 86.6 Å². The van der Waals surface area contributed by atoms with Gasteiger partial charge < -0.3 is 0 Å². The normalized spacial score (nSPS) is 10.8. The van der Waals surface area contributed by atoms with Crippen molar-refractivity contribution >= 4 is 0 Å². The molecule has 0 spiro atoms. The van der Waals surface area contributed by atoms with Gasteiger partial charge in [0.05, 0.1) is 0 Å². The zero-order valence-electron chi connectivity index (χ0n) is 16.2. The van der Waals surface area contributed by atoms with Crippen LogP contribution < -0.4 is 0 Å². The zero-order chi connectivity index (χ0) is 18.2. The Kier molecular flexibility index (Phi) is 6.66. The number of aryl methyl sites for hydroxylation is 2. The lowest BCUT2D eigenvalue weighted by Gasteiger charge is -2.16. The third-order valence-corrected chi connectivity index (χ3v) is 5.14. The van der Waals surface area contributed by atoms with Crippen molar-refractivity contribution in [3.63, 3.8) is 0 Å². The van der Waals surface area contributed by atoms with Gasteiger partial charge in [-0.25, -0.2) is 0 Å². The van der Waals surface area contributed by atoms with Crippen molar-refractivity contribution in [1.82, 2.24) is 0 Å². The molecule has 0 aliphatic rings. The summed E-state index contributed by atoms with van der Waals surface area (Å²) in [5, 5.41) is 0. The number of hydrogen-bond acceptors (Lipinski definition) is 0. The molecule has 134 valence electrons. The predicted molar refractivity (Wildman–Crippen MR) is 115 cm³/mol. The van der Waals surface area contributed by atoms with Crippen LogP contribution in [0.15, 0.2) is 72.8 Å². The molecule has 3 rings (SSSR count). The molecule has 3 aromatic carbocycles. The lowest BCUT2D eigenvalue weighted by Crippen LogP contribution is -1.95. The highest BCUT2D eigenvalue weighted by molar-refractivity contribution is 5.86. The topological polar surface area (TPSA) is 0 Å². The van der Waals surface area contributed by atoms with E-state index in [1.54, 1.807) is 0 Å². The molecule has 0 bridgehead atoms. The fraction of sp³-hybridized carbons (Fsp3) is 0.308. The molecule has 0 aliphatic heterocycles. The van der Waals surface area contributed by atoms with Gasteiger partial charge in [-0.15, -0.1) is 0 Å². The standard InChI is InChI=1S/C26H30/c1-3-5-13-21-15-7-9-17-23(21)25-19-11-12-20-26(25)24-18-10-8-16-22(24)14-6-4-2/h7-12,15-20H,3-6,13-14H2,1-2H3. The summed E-state index contributed by atoms with van der Waals surface area (Å²) < 4.78 is 0. The van der Waals surface area contributed by atoms with Crippen molar-refractivity contribution in [2.24, 2.45) is 0 Å². The third-order valence-electron chi connectivity index (χ3n) is 5.14. The van der Waals surface area contributed by atoms with E-state index in [4.69, 9.17) is 0 Å². The van der Waals surface area contributed by atoms with Crippen LogP contribution in [-0.2, 0) is 12.8 Å². The van der Waals surface area contributed by atoms with Gasteiger partial charge in [0, 0.05) is 0 Å². The summed E-state index contributed by atoms with van der Waals surface area (Å²) in [4.78, 5) is 0. The smallest absolute Gasteiger partial charge is 0.0103 e. The van der Waals surface area contributed by atoms with Crippen LogP contribution in [0.1, 0.15) is 50.7 Å². The lowest BCUT2D eigenvalue weighted by molar-refractivity contribution is 0.795. The highest BCUT2D eigenvalue weighted by Gasteiger charge is 2.12. The van der Waals surface area contributed by atoms with Crippen LogP contribution >= 0.6 is 0 Å². The van der Waals surface area contributed by atoms with Crippen LogP contribution in [0.25, 0.3) is 22.3 Å². The monoisotopic (exact) mass is 342 g/mol. The first-order chi connectivity index (χ1) is 12.8. The minimum atomic E-state index is 1.15. The number of rotatable bonds is 8. The quantitative estimate of drug-likeness (QED) is 0.393. The van der Waals surface area contributed by atoms with Crippen molar-refractivity contribution in [2.75, 3.05) is 0 Å². The van der Waals surface area contributed by atoms with Crippen molar-refractivity contribution in [3.05, 3.63) is 83.9 Å². The summed E-state index contributed by atoms with van der Waals surface area (Å²) >= 11 is 0. The molecule has 3 aromatic rings. The molecule has 0 N–H and O–H groups in total. The fourth-order valence-corrected chi connectivity index (χ4v) is 3.69. The van der Waals surface area contributed by atoms with Crippen molar-refractivity contribution in [2.45, 2.75) is 52.4 Å². The summed E-state index contributed by atoms with van der Waals surface area (Å²) in [5.41, 5.74) is 8.44. The molecule has 0 amide bonds. The number of benzene rings is 3. The molecule has 0 aromatic heterocycles. The van der Waals surface area contributed by atoms with E-state index in [-0.39, 0.29) is 0 Å². The van der Waals surface area contributed by atoms with E-state index in [9.17, 15) is 0 Å². The molecule has 26 heavy (non-hydrogen) atoms. The van der Waals surface area contributed by atoms with Gasteiger partial charge in [-0.3, -0.25) is 0 Å².